The SMILES string of the molecule is CC[C@H](C)[C@@H](CO)N(NC(=O)c1ccc2cncnc2c1)C(C)C. The lowest BCUT2D eigenvalue weighted by molar-refractivity contribution is 0.0167. The largest absolute Gasteiger partial charge is 0.395 e. The molecule has 2 aromatic rings. The molecule has 6 heteroatoms. The Morgan fingerprint density at radius 1 is 1.33 bits per heavy atom. The molecule has 0 saturated carbocycles. The second-order valence-corrected chi connectivity index (χ2v) is 6.37. The van der Waals surface area contributed by atoms with E-state index in [-0.39, 0.29) is 30.5 Å². The number of hydrazine groups is 1. The quantitative estimate of drug-likeness (QED) is 0.762. The van der Waals surface area contributed by atoms with E-state index in [1.165, 1.54) is 6.33 Å². The first-order valence-electron chi connectivity index (χ1n) is 8.37. The summed E-state index contributed by atoms with van der Waals surface area (Å²) in [5.41, 5.74) is 4.22. The van der Waals surface area contributed by atoms with E-state index in [1.807, 2.05) is 24.9 Å². The molecule has 1 aromatic carbocycles. The number of nitrogens with zero attached hydrogens (tertiary/aromatic N) is 3. The molecule has 2 atom stereocenters. The summed E-state index contributed by atoms with van der Waals surface area (Å²) in [6.45, 7) is 8.16. The minimum atomic E-state index is -0.203. The topological polar surface area (TPSA) is 78.4 Å². The fourth-order valence-corrected chi connectivity index (χ4v) is 2.71. The van der Waals surface area contributed by atoms with Crippen LogP contribution in [0.4, 0.5) is 0 Å². The van der Waals surface area contributed by atoms with Gasteiger partial charge in [-0.05, 0) is 31.9 Å². The van der Waals surface area contributed by atoms with Crippen LogP contribution in [0.1, 0.15) is 44.5 Å². The van der Waals surface area contributed by atoms with Crippen LogP contribution in [0, 0.1) is 5.92 Å². The van der Waals surface area contributed by atoms with Gasteiger partial charge in [0.25, 0.3) is 5.91 Å². The highest BCUT2D eigenvalue weighted by atomic mass is 16.3. The van der Waals surface area contributed by atoms with E-state index in [1.54, 1.807) is 18.3 Å². The van der Waals surface area contributed by atoms with Crippen LogP contribution in [0.3, 0.4) is 0 Å². The molecule has 0 fully saturated rings. The van der Waals surface area contributed by atoms with Gasteiger partial charge in [0, 0.05) is 23.2 Å². The van der Waals surface area contributed by atoms with Crippen LogP contribution >= 0.6 is 0 Å². The number of aliphatic hydroxyl groups is 1. The van der Waals surface area contributed by atoms with E-state index in [0.717, 1.165) is 17.3 Å². The van der Waals surface area contributed by atoms with Crippen LogP contribution < -0.4 is 5.43 Å². The number of carbonyl (C=O) groups excluding carboxylic acids is 1. The first-order chi connectivity index (χ1) is 11.5. The van der Waals surface area contributed by atoms with Gasteiger partial charge in [-0.2, -0.15) is 0 Å². The van der Waals surface area contributed by atoms with Crippen molar-refractivity contribution in [3.05, 3.63) is 36.3 Å². The Morgan fingerprint density at radius 2 is 2.08 bits per heavy atom. The number of nitrogens with one attached hydrogen (secondary N) is 1. The number of hydrogen-bond acceptors (Lipinski definition) is 5. The Hall–Kier alpha value is -2.05. The van der Waals surface area contributed by atoms with Crippen LogP contribution in [-0.4, -0.2) is 44.7 Å². The van der Waals surface area contributed by atoms with Crippen LogP contribution in [0.25, 0.3) is 10.9 Å². The van der Waals surface area contributed by atoms with E-state index >= 15 is 0 Å². The summed E-state index contributed by atoms with van der Waals surface area (Å²) < 4.78 is 0. The maximum Gasteiger partial charge on any atom is 0.265 e. The normalized spacial score (nSPS) is 14.1. The van der Waals surface area contributed by atoms with Crippen molar-refractivity contribution >= 4 is 16.8 Å². The van der Waals surface area contributed by atoms with Crippen molar-refractivity contribution in [2.45, 2.75) is 46.2 Å². The molecule has 0 bridgehead atoms. The van der Waals surface area contributed by atoms with Crippen LogP contribution in [0.15, 0.2) is 30.7 Å². The van der Waals surface area contributed by atoms with Gasteiger partial charge in [0.05, 0.1) is 18.2 Å². The molecule has 0 aliphatic rings. The van der Waals surface area contributed by atoms with Gasteiger partial charge >= 0.3 is 0 Å². The fourth-order valence-electron chi connectivity index (χ4n) is 2.71. The zero-order valence-corrected chi connectivity index (χ0v) is 14.7. The molecule has 0 spiro atoms. The molecule has 2 rings (SSSR count). The summed E-state index contributed by atoms with van der Waals surface area (Å²) in [4.78, 5) is 20.8. The van der Waals surface area contributed by atoms with Gasteiger partial charge in [-0.3, -0.25) is 10.2 Å². The molecular weight excluding hydrogens is 304 g/mol. The number of amides is 1. The lowest BCUT2D eigenvalue weighted by Crippen LogP contribution is -2.55. The zero-order valence-electron chi connectivity index (χ0n) is 14.7. The molecule has 2 N–H and O–H groups in total. The third-order valence-electron chi connectivity index (χ3n) is 4.40. The third kappa shape index (κ3) is 4.07. The third-order valence-corrected chi connectivity index (χ3v) is 4.40. The summed E-state index contributed by atoms with van der Waals surface area (Å²) in [6.07, 6.45) is 4.11. The van der Waals surface area contributed by atoms with Crippen molar-refractivity contribution in [3.8, 4) is 0 Å². The standard InChI is InChI=1S/C18H26N4O2/c1-5-13(4)17(10-23)22(12(2)3)21-18(24)14-6-7-15-9-19-11-20-16(15)8-14/h6-9,11-13,17,23H,5,10H2,1-4H3,(H,21,24)/t13-,17+/m0/s1. The predicted molar refractivity (Wildman–Crippen MR) is 94.3 cm³/mol. The van der Waals surface area contributed by atoms with Crippen molar-refractivity contribution in [1.29, 1.82) is 0 Å². The van der Waals surface area contributed by atoms with Crippen LogP contribution in [-0.2, 0) is 0 Å². The van der Waals surface area contributed by atoms with Crippen molar-refractivity contribution in [2.75, 3.05) is 6.61 Å². The monoisotopic (exact) mass is 330 g/mol. The van der Waals surface area contributed by atoms with E-state index in [2.05, 4.69) is 29.2 Å². The molecule has 24 heavy (non-hydrogen) atoms. The Kier molecular flexibility index (Phi) is 6.23. The molecule has 0 radical (unpaired) electrons. The number of rotatable bonds is 7. The van der Waals surface area contributed by atoms with Gasteiger partial charge in [-0.15, -0.1) is 0 Å². The highest BCUT2D eigenvalue weighted by Gasteiger charge is 2.27. The van der Waals surface area contributed by atoms with Crippen molar-refractivity contribution < 1.29 is 9.90 Å². The number of fused-ring (bicyclic) bond motifs is 1. The maximum absolute atomic E-state index is 12.7. The summed E-state index contributed by atoms with van der Waals surface area (Å²) in [5, 5.41) is 12.5. The Morgan fingerprint density at radius 3 is 2.71 bits per heavy atom. The summed E-state index contributed by atoms with van der Waals surface area (Å²) in [5.74, 6) is 0.0630. The maximum atomic E-state index is 12.7. The summed E-state index contributed by atoms with van der Waals surface area (Å²) in [7, 11) is 0. The van der Waals surface area contributed by atoms with Crippen LogP contribution in [0.5, 0.6) is 0 Å². The first-order valence-corrected chi connectivity index (χ1v) is 8.37. The van der Waals surface area contributed by atoms with Crippen LogP contribution in [0.2, 0.25) is 0 Å². The Balaban J connectivity index is 2.22. The second-order valence-electron chi connectivity index (χ2n) is 6.37. The van der Waals surface area contributed by atoms with Gasteiger partial charge in [-0.1, -0.05) is 26.3 Å². The molecule has 6 nitrogen and oxygen atoms in total. The van der Waals surface area contributed by atoms with Gasteiger partial charge < -0.3 is 5.11 Å². The molecule has 0 aliphatic heterocycles. The molecule has 0 unspecified atom stereocenters. The molecule has 1 heterocycles. The number of aromatic nitrogens is 2. The van der Waals surface area contributed by atoms with E-state index in [0.29, 0.717) is 5.56 Å². The van der Waals surface area contributed by atoms with Gasteiger partial charge in [0.2, 0.25) is 0 Å². The Bertz CT molecular complexity index is 690. The number of carbonyl (C=O) groups is 1. The van der Waals surface area contributed by atoms with Gasteiger partial charge in [-0.25, -0.2) is 15.0 Å². The summed E-state index contributed by atoms with van der Waals surface area (Å²) in [6, 6.07) is 5.30. The minimum Gasteiger partial charge on any atom is -0.395 e. The van der Waals surface area contributed by atoms with Gasteiger partial charge in [0.15, 0.2) is 0 Å². The highest BCUT2D eigenvalue weighted by Crippen LogP contribution is 2.17. The average Bonchev–Trinajstić information content (AvgIpc) is 2.60. The molecule has 1 aromatic heterocycles. The van der Waals surface area contributed by atoms with Crippen molar-refractivity contribution in [1.82, 2.24) is 20.4 Å². The molecular formula is C18H26N4O2. The van der Waals surface area contributed by atoms with E-state index < -0.39 is 0 Å². The fraction of sp³-hybridized carbons (Fsp3) is 0.500. The number of aliphatic hydroxyl groups excluding tert-OH is 1. The van der Waals surface area contributed by atoms with E-state index in [9.17, 15) is 9.90 Å². The molecule has 0 aliphatic carbocycles. The van der Waals surface area contributed by atoms with Crippen molar-refractivity contribution in [3.63, 3.8) is 0 Å². The first kappa shape index (κ1) is 18.3. The Labute approximate surface area is 142 Å². The predicted octanol–water partition coefficient (Wildman–Crippen LogP) is 2.39. The summed E-state index contributed by atoms with van der Waals surface area (Å²) >= 11 is 0. The molecule has 1 amide bonds. The van der Waals surface area contributed by atoms with E-state index in [4.69, 9.17) is 0 Å². The van der Waals surface area contributed by atoms with Gasteiger partial charge in [0.1, 0.15) is 6.33 Å². The minimum absolute atomic E-state index is 0.00158. The lowest BCUT2D eigenvalue weighted by atomic mass is 9.98. The zero-order chi connectivity index (χ0) is 17.7. The molecule has 130 valence electrons. The lowest BCUT2D eigenvalue weighted by Gasteiger charge is -2.37. The smallest absolute Gasteiger partial charge is 0.265 e. The van der Waals surface area contributed by atoms with Crippen molar-refractivity contribution in [2.24, 2.45) is 5.92 Å². The average molecular weight is 330 g/mol. The highest BCUT2D eigenvalue weighted by molar-refractivity contribution is 5.97. The number of benzene rings is 1. The second kappa shape index (κ2) is 8.17. The molecule has 0 saturated heterocycles. The number of hydrogen-bond donors (Lipinski definition) is 2.